The van der Waals surface area contributed by atoms with Crippen LogP contribution >= 0.6 is 0 Å². The molecule has 0 spiro atoms. The molecular formula is C27H23N5O. The highest BCUT2D eigenvalue weighted by molar-refractivity contribution is 5.97. The third kappa shape index (κ3) is 4.39. The van der Waals surface area contributed by atoms with Crippen molar-refractivity contribution < 1.29 is 4.79 Å². The van der Waals surface area contributed by atoms with Crippen molar-refractivity contribution in [1.82, 2.24) is 14.9 Å². The van der Waals surface area contributed by atoms with Gasteiger partial charge in [-0.3, -0.25) is 14.8 Å². The van der Waals surface area contributed by atoms with Crippen LogP contribution in [0.2, 0.25) is 0 Å². The molecule has 1 N–H and O–H groups in total. The number of nitrogens with zero attached hydrogens (tertiary/aromatic N) is 4. The second-order valence-electron chi connectivity index (χ2n) is 8.26. The van der Waals surface area contributed by atoms with Gasteiger partial charge in [-0.1, -0.05) is 12.1 Å². The Balaban J connectivity index is 1.37. The molecule has 2 aromatic heterocycles. The summed E-state index contributed by atoms with van der Waals surface area (Å²) in [6, 6.07) is 19.9. The topological polar surface area (TPSA) is 81.9 Å². The summed E-state index contributed by atoms with van der Waals surface area (Å²) in [5.74, 6) is 0.0601. The number of hydrogen-bond acceptors (Lipinski definition) is 5. The summed E-state index contributed by atoms with van der Waals surface area (Å²) in [5, 5.41) is 15.2. The van der Waals surface area contributed by atoms with Gasteiger partial charge in [0.1, 0.15) is 0 Å². The minimum Gasteiger partial charge on any atom is -0.382 e. The molecular weight excluding hydrogens is 410 g/mol. The van der Waals surface area contributed by atoms with E-state index < -0.39 is 0 Å². The predicted molar refractivity (Wildman–Crippen MR) is 129 cm³/mol. The van der Waals surface area contributed by atoms with Crippen LogP contribution in [0.15, 0.2) is 79.4 Å². The van der Waals surface area contributed by atoms with Gasteiger partial charge in [-0.25, -0.2) is 0 Å². The van der Waals surface area contributed by atoms with Gasteiger partial charge < -0.3 is 10.2 Å². The average molecular weight is 434 g/mol. The van der Waals surface area contributed by atoms with Crippen LogP contribution < -0.4 is 5.32 Å². The Kier molecular flexibility index (Phi) is 5.69. The zero-order valence-electron chi connectivity index (χ0n) is 18.1. The first-order valence-electron chi connectivity index (χ1n) is 11.1. The number of hydrogen-bond donors (Lipinski definition) is 1. The van der Waals surface area contributed by atoms with Crippen molar-refractivity contribution in [3.63, 3.8) is 0 Å². The molecule has 1 fully saturated rings. The first kappa shape index (κ1) is 20.7. The van der Waals surface area contributed by atoms with E-state index in [1.165, 1.54) is 0 Å². The van der Waals surface area contributed by atoms with Gasteiger partial charge in [0, 0.05) is 60.6 Å². The van der Waals surface area contributed by atoms with Crippen LogP contribution in [0.3, 0.4) is 0 Å². The normalized spacial score (nSPS) is 14.1. The van der Waals surface area contributed by atoms with Crippen molar-refractivity contribution in [3.05, 3.63) is 90.5 Å². The Bertz CT molecular complexity index is 1340. The van der Waals surface area contributed by atoms with Crippen molar-refractivity contribution in [2.24, 2.45) is 0 Å². The number of fused-ring (bicyclic) bond motifs is 1. The van der Waals surface area contributed by atoms with E-state index in [1.54, 1.807) is 30.7 Å². The van der Waals surface area contributed by atoms with Gasteiger partial charge >= 0.3 is 0 Å². The lowest BCUT2D eigenvalue weighted by Gasteiger charge is -2.33. The fourth-order valence-electron chi connectivity index (χ4n) is 4.38. The lowest BCUT2D eigenvalue weighted by Crippen LogP contribution is -2.42. The maximum atomic E-state index is 12.7. The van der Waals surface area contributed by atoms with Gasteiger partial charge in [-0.05, 0) is 71.8 Å². The number of aromatic nitrogens is 2. The summed E-state index contributed by atoms with van der Waals surface area (Å²) in [5.41, 5.74) is 4.41. The van der Waals surface area contributed by atoms with Gasteiger partial charge in [0.15, 0.2) is 0 Å². The number of piperidine rings is 1. The smallest absolute Gasteiger partial charge is 0.253 e. The number of pyridine rings is 2. The number of benzene rings is 2. The number of likely N-dealkylation sites (tertiary alicyclic amines) is 1. The van der Waals surface area contributed by atoms with Crippen LogP contribution in [-0.2, 0) is 0 Å². The van der Waals surface area contributed by atoms with E-state index in [9.17, 15) is 10.1 Å². The zero-order valence-corrected chi connectivity index (χ0v) is 18.1. The Hall–Kier alpha value is -4.24. The van der Waals surface area contributed by atoms with Gasteiger partial charge in [-0.15, -0.1) is 0 Å². The fourth-order valence-corrected chi connectivity index (χ4v) is 4.38. The molecule has 1 aliphatic rings. The number of carbonyl (C=O) groups excluding carboxylic acids is 1. The molecule has 1 aliphatic heterocycles. The Morgan fingerprint density at radius 3 is 2.55 bits per heavy atom. The highest BCUT2D eigenvalue weighted by Gasteiger charge is 2.24. The van der Waals surface area contributed by atoms with Gasteiger partial charge in [0.05, 0.1) is 11.6 Å². The minimum absolute atomic E-state index is 0.0601. The summed E-state index contributed by atoms with van der Waals surface area (Å²) in [6.07, 6.45) is 8.72. The molecule has 0 radical (unpaired) electrons. The van der Waals surface area contributed by atoms with E-state index in [2.05, 4.69) is 33.5 Å². The third-order valence-electron chi connectivity index (χ3n) is 6.15. The Morgan fingerprint density at radius 2 is 1.76 bits per heavy atom. The molecule has 1 saturated heterocycles. The standard InChI is InChI=1S/C27H23N5O/c28-17-19-2-1-3-21(14-19)23-15-22-6-11-30-18-25(22)26(16-23)31-24-7-12-32(13-8-24)27(33)20-4-9-29-10-5-20/h1-6,9-11,14-16,18,24,31H,7-8,12-13H2. The summed E-state index contributed by atoms with van der Waals surface area (Å²) in [7, 11) is 0. The zero-order chi connectivity index (χ0) is 22.6. The Labute approximate surface area is 192 Å². The summed E-state index contributed by atoms with van der Waals surface area (Å²) in [6.45, 7) is 1.41. The predicted octanol–water partition coefficient (Wildman–Crippen LogP) is 4.89. The average Bonchev–Trinajstić information content (AvgIpc) is 2.89. The third-order valence-corrected chi connectivity index (χ3v) is 6.15. The lowest BCUT2D eigenvalue weighted by atomic mass is 9.98. The van der Waals surface area contributed by atoms with E-state index in [-0.39, 0.29) is 11.9 Å². The fraction of sp³-hybridized carbons (Fsp3) is 0.185. The number of amides is 1. The highest BCUT2D eigenvalue weighted by Crippen LogP contribution is 2.32. The molecule has 33 heavy (non-hydrogen) atoms. The van der Waals surface area contributed by atoms with Crippen LogP contribution in [0.25, 0.3) is 21.9 Å². The van der Waals surface area contributed by atoms with Crippen LogP contribution in [0.1, 0.15) is 28.8 Å². The first-order chi connectivity index (χ1) is 16.2. The molecule has 6 nitrogen and oxygen atoms in total. The molecule has 0 bridgehead atoms. The number of carbonyl (C=O) groups is 1. The first-order valence-corrected chi connectivity index (χ1v) is 11.1. The second kappa shape index (κ2) is 9.09. The van der Waals surface area contributed by atoms with Crippen molar-refractivity contribution in [2.45, 2.75) is 18.9 Å². The number of anilines is 1. The van der Waals surface area contributed by atoms with Gasteiger partial charge in [0.2, 0.25) is 0 Å². The molecule has 4 aromatic rings. The van der Waals surface area contributed by atoms with Crippen LogP contribution in [0.4, 0.5) is 5.69 Å². The lowest BCUT2D eigenvalue weighted by molar-refractivity contribution is 0.0718. The molecule has 0 atom stereocenters. The molecule has 0 aliphatic carbocycles. The maximum Gasteiger partial charge on any atom is 0.253 e. The van der Waals surface area contributed by atoms with Gasteiger partial charge in [-0.2, -0.15) is 5.26 Å². The van der Waals surface area contributed by atoms with Crippen LogP contribution in [-0.4, -0.2) is 39.9 Å². The van der Waals surface area contributed by atoms with Crippen molar-refractivity contribution in [3.8, 4) is 17.2 Å². The molecule has 0 saturated carbocycles. The number of nitrogens with one attached hydrogen (secondary N) is 1. The maximum absolute atomic E-state index is 12.7. The van der Waals surface area contributed by atoms with Gasteiger partial charge in [0.25, 0.3) is 5.91 Å². The second-order valence-corrected chi connectivity index (χ2v) is 8.26. The number of rotatable bonds is 4. The van der Waals surface area contributed by atoms with E-state index in [4.69, 9.17) is 0 Å². The molecule has 162 valence electrons. The molecule has 3 heterocycles. The van der Waals surface area contributed by atoms with Crippen molar-refractivity contribution >= 4 is 22.4 Å². The van der Waals surface area contributed by atoms with Crippen molar-refractivity contribution in [2.75, 3.05) is 18.4 Å². The molecule has 6 heteroatoms. The molecule has 5 rings (SSSR count). The largest absolute Gasteiger partial charge is 0.382 e. The van der Waals surface area contributed by atoms with E-state index in [1.807, 2.05) is 41.4 Å². The van der Waals surface area contributed by atoms with Crippen LogP contribution in [0, 0.1) is 11.3 Å². The van der Waals surface area contributed by atoms with E-state index in [0.29, 0.717) is 24.2 Å². The summed E-state index contributed by atoms with van der Waals surface area (Å²) < 4.78 is 0. The quantitative estimate of drug-likeness (QED) is 0.496. The summed E-state index contributed by atoms with van der Waals surface area (Å²) in [4.78, 5) is 23.0. The SMILES string of the molecule is N#Cc1cccc(-c2cc(NC3CCN(C(=O)c4ccncc4)CC3)c3cnccc3c2)c1. The molecule has 1 amide bonds. The monoisotopic (exact) mass is 433 g/mol. The summed E-state index contributed by atoms with van der Waals surface area (Å²) >= 11 is 0. The minimum atomic E-state index is 0.0601. The van der Waals surface area contributed by atoms with Crippen LogP contribution in [0.5, 0.6) is 0 Å². The molecule has 0 unspecified atom stereocenters. The highest BCUT2D eigenvalue weighted by atomic mass is 16.2. The Morgan fingerprint density at radius 1 is 0.970 bits per heavy atom. The molecule has 2 aromatic carbocycles. The van der Waals surface area contributed by atoms with E-state index >= 15 is 0 Å². The van der Waals surface area contributed by atoms with Crippen molar-refractivity contribution in [1.29, 1.82) is 5.26 Å². The van der Waals surface area contributed by atoms with E-state index in [0.717, 1.165) is 40.4 Å². The number of nitriles is 1.